The fraction of sp³-hybridized carbons (Fsp3) is 0.344. The smallest absolute Gasteiger partial charge is 0.341 e. The molecule has 0 saturated heterocycles. The first kappa shape index (κ1) is 32.0. The van der Waals surface area contributed by atoms with Crippen molar-refractivity contribution in [3.05, 3.63) is 75.9 Å². The molecule has 0 saturated carbocycles. The molecule has 2 aromatic heterocycles. The Morgan fingerprint density at radius 3 is 2.40 bits per heavy atom. The summed E-state index contributed by atoms with van der Waals surface area (Å²) < 4.78 is 17.9. The second-order valence-electron chi connectivity index (χ2n) is 10.0. The highest BCUT2D eigenvalue weighted by Crippen LogP contribution is 2.39. The van der Waals surface area contributed by atoms with Crippen LogP contribution in [0.25, 0.3) is 5.69 Å². The monoisotopic (exact) mass is 649 g/mol. The Labute approximate surface area is 269 Å². The van der Waals surface area contributed by atoms with E-state index < -0.39 is 5.97 Å². The van der Waals surface area contributed by atoms with Crippen LogP contribution < -0.4 is 20.1 Å². The number of methoxy groups -OCH3 is 1. The van der Waals surface area contributed by atoms with Crippen LogP contribution >= 0.6 is 23.1 Å². The van der Waals surface area contributed by atoms with Crippen LogP contribution in [0.3, 0.4) is 0 Å². The Bertz CT molecular complexity index is 1650. The third-order valence-electron chi connectivity index (χ3n) is 7.10. The molecule has 0 radical (unpaired) electrons. The predicted molar refractivity (Wildman–Crippen MR) is 173 cm³/mol. The molecule has 236 valence electrons. The number of anilines is 1. The average Bonchev–Trinajstić information content (AvgIpc) is 3.64. The maximum atomic E-state index is 13.2. The van der Waals surface area contributed by atoms with E-state index in [1.165, 1.54) is 23.1 Å². The minimum Gasteiger partial charge on any atom is -0.497 e. The van der Waals surface area contributed by atoms with Crippen LogP contribution in [0.1, 0.15) is 63.7 Å². The standard InChI is InChI=1S/C32H35N5O6S2/c1-4-42-23-16-12-21(13-17-23)37-26(18-33-29(39)20-10-14-22(41-3)15-11-20)35-36-32(37)44-19-27(38)34-30-28(31(40)43-5-2)24-8-6-7-9-25(24)45-30/h10-17H,4-9,18-19H2,1-3H3,(H,33,39)(H,34,38). The van der Waals surface area contributed by atoms with E-state index in [1.807, 2.05) is 31.2 Å². The molecular formula is C32H35N5O6S2. The molecule has 45 heavy (non-hydrogen) atoms. The lowest BCUT2D eigenvalue weighted by Gasteiger charge is -2.13. The minimum absolute atomic E-state index is 0.0260. The van der Waals surface area contributed by atoms with E-state index in [9.17, 15) is 14.4 Å². The summed E-state index contributed by atoms with van der Waals surface area (Å²) in [6, 6.07) is 14.2. The van der Waals surface area contributed by atoms with Crippen molar-refractivity contribution in [2.45, 2.75) is 51.2 Å². The van der Waals surface area contributed by atoms with Crippen LogP contribution in [-0.2, 0) is 28.9 Å². The summed E-state index contributed by atoms with van der Waals surface area (Å²) in [6.07, 6.45) is 3.75. The van der Waals surface area contributed by atoms with Crippen molar-refractivity contribution in [3.63, 3.8) is 0 Å². The van der Waals surface area contributed by atoms with Crippen molar-refractivity contribution in [2.24, 2.45) is 0 Å². The Kier molecular flexibility index (Phi) is 10.7. The summed E-state index contributed by atoms with van der Waals surface area (Å²) in [5, 5.41) is 15.5. The zero-order chi connectivity index (χ0) is 31.8. The lowest BCUT2D eigenvalue weighted by atomic mass is 9.95. The van der Waals surface area contributed by atoms with Crippen LogP contribution in [-0.4, -0.2) is 58.6 Å². The molecule has 0 unspecified atom stereocenters. The normalized spacial score (nSPS) is 12.2. The number of rotatable bonds is 13. The number of carbonyl (C=O) groups excluding carboxylic acids is 3. The van der Waals surface area contributed by atoms with Crippen LogP contribution in [0.4, 0.5) is 5.00 Å². The second kappa shape index (κ2) is 15.1. The van der Waals surface area contributed by atoms with E-state index in [2.05, 4.69) is 20.8 Å². The maximum absolute atomic E-state index is 13.2. The molecule has 0 bridgehead atoms. The molecule has 5 rings (SSSR count). The number of fused-ring (bicyclic) bond motifs is 1. The first-order valence-electron chi connectivity index (χ1n) is 14.8. The molecular weight excluding hydrogens is 615 g/mol. The maximum Gasteiger partial charge on any atom is 0.341 e. The van der Waals surface area contributed by atoms with Crippen LogP contribution in [0, 0.1) is 0 Å². The topological polar surface area (TPSA) is 134 Å². The molecule has 2 heterocycles. The lowest BCUT2D eigenvalue weighted by molar-refractivity contribution is -0.113. The lowest BCUT2D eigenvalue weighted by Crippen LogP contribution is -2.24. The number of hydrogen-bond acceptors (Lipinski definition) is 10. The number of thiophene rings is 1. The third-order valence-corrected chi connectivity index (χ3v) is 9.24. The van der Waals surface area contributed by atoms with Crippen molar-refractivity contribution in [3.8, 4) is 17.2 Å². The van der Waals surface area contributed by atoms with Gasteiger partial charge in [0.1, 0.15) is 16.5 Å². The number of benzene rings is 2. The molecule has 13 heteroatoms. The first-order valence-corrected chi connectivity index (χ1v) is 16.6. The van der Waals surface area contributed by atoms with Crippen molar-refractivity contribution in [1.29, 1.82) is 0 Å². The van der Waals surface area contributed by atoms with Crippen molar-refractivity contribution >= 4 is 45.9 Å². The number of aromatic nitrogens is 3. The zero-order valence-corrected chi connectivity index (χ0v) is 27.0. The third kappa shape index (κ3) is 7.66. The van der Waals surface area contributed by atoms with Gasteiger partial charge in [-0.25, -0.2) is 4.79 Å². The van der Waals surface area contributed by atoms with Crippen molar-refractivity contribution in [2.75, 3.05) is 31.4 Å². The van der Waals surface area contributed by atoms with Gasteiger partial charge in [-0.1, -0.05) is 11.8 Å². The van der Waals surface area contributed by atoms with Gasteiger partial charge >= 0.3 is 5.97 Å². The molecule has 2 N–H and O–H groups in total. The van der Waals surface area contributed by atoms with E-state index in [0.717, 1.165) is 41.8 Å². The number of nitrogens with one attached hydrogen (secondary N) is 2. The summed E-state index contributed by atoms with van der Waals surface area (Å²) in [4.78, 5) is 40.0. The molecule has 1 aliphatic rings. The summed E-state index contributed by atoms with van der Waals surface area (Å²) in [5.41, 5.74) is 2.69. The van der Waals surface area contributed by atoms with Crippen LogP contribution in [0.15, 0.2) is 53.7 Å². The molecule has 11 nitrogen and oxygen atoms in total. The van der Waals surface area contributed by atoms with Gasteiger partial charge in [0.05, 0.1) is 38.2 Å². The van der Waals surface area contributed by atoms with Gasteiger partial charge in [0.2, 0.25) is 5.91 Å². The highest BCUT2D eigenvalue weighted by atomic mass is 32.2. The Morgan fingerprint density at radius 2 is 1.69 bits per heavy atom. The minimum atomic E-state index is -0.406. The quantitative estimate of drug-likeness (QED) is 0.143. The number of aryl methyl sites for hydroxylation is 1. The van der Waals surface area contributed by atoms with Gasteiger partial charge in [-0.3, -0.25) is 14.2 Å². The van der Waals surface area contributed by atoms with Gasteiger partial charge in [-0.05, 0) is 93.6 Å². The molecule has 0 atom stereocenters. The van der Waals surface area contributed by atoms with E-state index in [4.69, 9.17) is 14.2 Å². The summed E-state index contributed by atoms with van der Waals surface area (Å²) >= 11 is 2.66. The van der Waals surface area contributed by atoms with E-state index in [0.29, 0.717) is 45.2 Å². The van der Waals surface area contributed by atoms with Gasteiger partial charge in [0, 0.05) is 16.1 Å². The number of nitrogens with zero attached hydrogens (tertiary/aromatic N) is 3. The molecule has 4 aromatic rings. The van der Waals surface area contributed by atoms with Crippen molar-refractivity contribution in [1.82, 2.24) is 20.1 Å². The number of thioether (sulfide) groups is 1. The molecule has 0 spiro atoms. The predicted octanol–water partition coefficient (Wildman–Crippen LogP) is 5.45. The molecule has 0 fully saturated rings. The highest BCUT2D eigenvalue weighted by molar-refractivity contribution is 7.99. The molecule has 1 aliphatic carbocycles. The van der Waals surface area contributed by atoms with Crippen molar-refractivity contribution < 1.29 is 28.6 Å². The SMILES string of the molecule is CCOC(=O)c1c(NC(=O)CSc2nnc(CNC(=O)c3ccc(OC)cc3)n2-c2ccc(OCC)cc2)sc2c1CCCC2. The van der Waals surface area contributed by atoms with Gasteiger partial charge < -0.3 is 24.8 Å². The fourth-order valence-electron chi connectivity index (χ4n) is 5.00. The molecule has 0 aliphatic heterocycles. The Hall–Kier alpha value is -4.36. The molecule has 2 amide bonds. The number of ether oxygens (including phenoxy) is 3. The second-order valence-corrected chi connectivity index (χ2v) is 12.1. The van der Waals surface area contributed by atoms with Crippen LogP contribution in [0.2, 0.25) is 0 Å². The van der Waals surface area contributed by atoms with Gasteiger partial charge in [-0.2, -0.15) is 0 Å². The number of carbonyl (C=O) groups is 3. The largest absolute Gasteiger partial charge is 0.497 e. The Morgan fingerprint density at radius 1 is 0.956 bits per heavy atom. The van der Waals surface area contributed by atoms with E-state index >= 15 is 0 Å². The van der Waals surface area contributed by atoms with Gasteiger partial charge in [0.15, 0.2) is 11.0 Å². The zero-order valence-electron chi connectivity index (χ0n) is 25.4. The van der Waals surface area contributed by atoms with Gasteiger partial charge in [-0.15, -0.1) is 21.5 Å². The summed E-state index contributed by atoms with van der Waals surface area (Å²) in [5.74, 6) is 0.925. The summed E-state index contributed by atoms with van der Waals surface area (Å²) in [7, 11) is 1.57. The number of amides is 2. The number of hydrogen-bond donors (Lipinski definition) is 2. The van der Waals surface area contributed by atoms with Gasteiger partial charge in [0.25, 0.3) is 5.91 Å². The highest BCUT2D eigenvalue weighted by Gasteiger charge is 2.27. The van der Waals surface area contributed by atoms with Crippen LogP contribution in [0.5, 0.6) is 11.5 Å². The average molecular weight is 650 g/mol. The first-order chi connectivity index (χ1) is 21.9. The van der Waals surface area contributed by atoms with E-state index in [-0.39, 0.29) is 30.7 Å². The molecule has 2 aromatic carbocycles. The summed E-state index contributed by atoms with van der Waals surface area (Å²) in [6.45, 7) is 4.58. The number of esters is 1. The van der Waals surface area contributed by atoms with E-state index in [1.54, 1.807) is 42.9 Å². The Balaban J connectivity index is 1.33. The fourth-order valence-corrected chi connectivity index (χ4v) is 7.06.